The number of benzene rings is 1. The van der Waals surface area contributed by atoms with Crippen LogP contribution in [0.25, 0.3) is 0 Å². The second-order valence-electron chi connectivity index (χ2n) is 5.28. The van der Waals surface area contributed by atoms with E-state index in [9.17, 15) is 5.11 Å². The molecule has 3 N–H and O–H groups in total. The lowest BCUT2D eigenvalue weighted by molar-refractivity contribution is -0.0298. The molecule has 1 fully saturated rings. The molecule has 0 radical (unpaired) electrons. The average molecular weight is 265 g/mol. The van der Waals surface area contributed by atoms with Gasteiger partial charge in [0.05, 0.1) is 13.2 Å². The van der Waals surface area contributed by atoms with Crippen LogP contribution in [0.1, 0.15) is 30.9 Å². The number of methoxy groups -OCH3 is 1. The third-order valence-electron chi connectivity index (χ3n) is 4.33. The Morgan fingerprint density at radius 2 is 2.21 bits per heavy atom. The van der Waals surface area contributed by atoms with Crippen LogP contribution in [0.3, 0.4) is 0 Å². The molecule has 0 bridgehead atoms. The Labute approximate surface area is 112 Å². The van der Waals surface area contributed by atoms with Crippen LogP contribution in [0.5, 0.6) is 17.2 Å². The maximum Gasteiger partial charge on any atom is 0.231 e. The van der Waals surface area contributed by atoms with Crippen molar-refractivity contribution in [3.05, 3.63) is 17.7 Å². The first kappa shape index (κ1) is 12.6. The third-order valence-corrected chi connectivity index (χ3v) is 4.33. The number of rotatable bonds is 4. The molecule has 5 nitrogen and oxygen atoms in total. The Morgan fingerprint density at radius 1 is 1.42 bits per heavy atom. The predicted octanol–water partition coefficient (Wildman–Crippen LogP) is 1.59. The molecular formula is C14H19NO4. The number of fused-ring (bicyclic) bond motifs is 1. The lowest BCUT2D eigenvalue weighted by atomic mass is 9.63. The van der Waals surface area contributed by atoms with E-state index in [1.165, 1.54) is 0 Å². The molecule has 1 aliphatic heterocycles. The van der Waals surface area contributed by atoms with Crippen molar-refractivity contribution in [2.75, 3.05) is 20.4 Å². The Hall–Kier alpha value is -1.46. The van der Waals surface area contributed by atoms with Crippen molar-refractivity contribution in [2.45, 2.75) is 25.4 Å². The van der Waals surface area contributed by atoms with Gasteiger partial charge in [0.2, 0.25) is 12.5 Å². The number of hydrogen-bond donors (Lipinski definition) is 2. The zero-order valence-electron chi connectivity index (χ0n) is 11.0. The van der Waals surface area contributed by atoms with Crippen molar-refractivity contribution in [3.8, 4) is 17.2 Å². The summed E-state index contributed by atoms with van der Waals surface area (Å²) >= 11 is 0. The van der Waals surface area contributed by atoms with Crippen LogP contribution in [-0.2, 0) is 0 Å². The van der Waals surface area contributed by atoms with E-state index in [0.717, 1.165) is 24.8 Å². The molecule has 0 aromatic heterocycles. The summed E-state index contributed by atoms with van der Waals surface area (Å²) in [6.07, 6.45) is 2.45. The minimum atomic E-state index is -0.588. The molecule has 1 saturated carbocycles. The summed E-state index contributed by atoms with van der Waals surface area (Å²) in [5.41, 5.74) is 6.43. The molecule has 2 aliphatic rings. The first-order chi connectivity index (χ1) is 9.20. The molecule has 1 aromatic carbocycles. The monoisotopic (exact) mass is 265 g/mol. The van der Waals surface area contributed by atoms with Gasteiger partial charge >= 0.3 is 0 Å². The predicted molar refractivity (Wildman–Crippen MR) is 69.4 cm³/mol. The van der Waals surface area contributed by atoms with E-state index in [4.69, 9.17) is 19.9 Å². The first-order valence-electron chi connectivity index (χ1n) is 6.56. The van der Waals surface area contributed by atoms with Gasteiger partial charge in [-0.3, -0.25) is 0 Å². The van der Waals surface area contributed by atoms with Gasteiger partial charge in [-0.25, -0.2) is 0 Å². The van der Waals surface area contributed by atoms with Crippen molar-refractivity contribution >= 4 is 0 Å². The Bertz CT molecular complexity index is 479. The molecule has 1 aromatic rings. The SMILES string of the molecule is COc1cc(C(O)C2(CN)CCC2)cc2c1OCO2. The topological polar surface area (TPSA) is 73.9 Å². The lowest BCUT2D eigenvalue weighted by Crippen LogP contribution is -2.42. The van der Waals surface area contributed by atoms with Gasteiger partial charge in [0, 0.05) is 12.0 Å². The molecule has 104 valence electrons. The first-order valence-corrected chi connectivity index (χ1v) is 6.56. The molecule has 5 heteroatoms. The van der Waals surface area contributed by atoms with E-state index < -0.39 is 6.10 Å². The van der Waals surface area contributed by atoms with Crippen LogP contribution < -0.4 is 19.9 Å². The minimum absolute atomic E-state index is 0.188. The van der Waals surface area contributed by atoms with Crippen molar-refractivity contribution in [1.82, 2.24) is 0 Å². The Morgan fingerprint density at radius 3 is 2.79 bits per heavy atom. The van der Waals surface area contributed by atoms with Crippen molar-refractivity contribution in [1.29, 1.82) is 0 Å². The van der Waals surface area contributed by atoms with Crippen LogP contribution in [0.15, 0.2) is 12.1 Å². The molecule has 0 spiro atoms. The number of hydrogen-bond acceptors (Lipinski definition) is 5. The standard InChI is InChI=1S/C14H19NO4/c1-17-10-5-9(6-11-12(10)19-8-18-11)13(16)14(7-15)3-2-4-14/h5-6,13,16H,2-4,7-8,15H2,1H3. The molecule has 1 unspecified atom stereocenters. The fourth-order valence-corrected chi connectivity index (χ4v) is 2.88. The van der Waals surface area contributed by atoms with E-state index in [-0.39, 0.29) is 12.2 Å². The summed E-state index contributed by atoms with van der Waals surface area (Å²) in [5.74, 6) is 1.82. The van der Waals surface area contributed by atoms with Crippen molar-refractivity contribution < 1.29 is 19.3 Å². The molecule has 0 saturated heterocycles. The van der Waals surface area contributed by atoms with Crippen molar-refractivity contribution in [2.24, 2.45) is 11.1 Å². The van der Waals surface area contributed by atoms with Crippen LogP contribution in [0, 0.1) is 5.41 Å². The summed E-state index contributed by atoms with van der Waals surface area (Å²) in [6, 6.07) is 3.64. The van der Waals surface area contributed by atoms with Gasteiger partial charge < -0.3 is 25.1 Å². The summed E-state index contributed by atoms with van der Waals surface area (Å²) in [7, 11) is 1.58. The van der Waals surface area contributed by atoms with Gasteiger partial charge in [0.1, 0.15) is 0 Å². The van der Waals surface area contributed by atoms with E-state index in [1.54, 1.807) is 7.11 Å². The van der Waals surface area contributed by atoms with Crippen LogP contribution >= 0.6 is 0 Å². The maximum absolute atomic E-state index is 10.6. The average Bonchev–Trinajstić information content (AvgIpc) is 2.84. The summed E-state index contributed by atoms with van der Waals surface area (Å²) in [4.78, 5) is 0. The molecule has 3 rings (SSSR count). The van der Waals surface area contributed by atoms with E-state index in [2.05, 4.69) is 0 Å². The summed E-state index contributed by atoms with van der Waals surface area (Å²) in [6.45, 7) is 0.679. The van der Waals surface area contributed by atoms with Gasteiger partial charge in [-0.2, -0.15) is 0 Å². The zero-order chi connectivity index (χ0) is 13.5. The molecule has 19 heavy (non-hydrogen) atoms. The normalized spacial score (nSPS) is 20.8. The minimum Gasteiger partial charge on any atom is -0.493 e. The lowest BCUT2D eigenvalue weighted by Gasteiger charge is -2.44. The molecule has 1 atom stereocenters. The van der Waals surface area contributed by atoms with E-state index in [0.29, 0.717) is 23.8 Å². The van der Waals surface area contributed by atoms with Crippen LogP contribution in [0.4, 0.5) is 0 Å². The van der Waals surface area contributed by atoms with E-state index >= 15 is 0 Å². The van der Waals surface area contributed by atoms with E-state index in [1.807, 2.05) is 12.1 Å². The van der Waals surface area contributed by atoms with Gasteiger partial charge in [0.25, 0.3) is 0 Å². The van der Waals surface area contributed by atoms with Gasteiger partial charge in [-0.15, -0.1) is 0 Å². The highest BCUT2D eigenvalue weighted by atomic mass is 16.7. The fraction of sp³-hybridized carbons (Fsp3) is 0.571. The number of nitrogens with two attached hydrogens (primary N) is 1. The highest BCUT2D eigenvalue weighted by molar-refractivity contribution is 5.55. The molecule has 1 heterocycles. The van der Waals surface area contributed by atoms with Crippen molar-refractivity contribution in [3.63, 3.8) is 0 Å². The van der Waals surface area contributed by atoms with Gasteiger partial charge in [-0.05, 0) is 30.5 Å². The summed E-state index contributed by atoms with van der Waals surface area (Å²) < 4.78 is 16.0. The van der Waals surface area contributed by atoms with Gasteiger partial charge in [0.15, 0.2) is 11.5 Å². The number of aliphatic hydroxyl groups excluding tert-OH is 1. The Kier molecular flexibility index (Phi) is 3.03. The highest BCUT2D eigenvalue weighted by Crippen LogP contribution is 2.52. The quantitative estimate of drug-likeness (QED) is 0.864. The van der Waals surface area contributed by atoms with Crippen LogP contribution in [-0.4, -0.2) is 25.6 Å². The number of aliphatic hydroxyl groups is 1. The smallest absolute Gasteiger partial charge is 0.231 e. The molecule has 0 amide bonds. The molecular weight excluding hydrogens is 246 g/mol. The van der Waals surface area contributed by atoms with Crippen LogP contribution in [0.2, 0.25) is 0 Å². The fourth-order valence-electron chi connectivity index (χ4n) is 2.88. The highest BCUT2D eigenvalue weighted by Gasteiger charge is 2.43. The Balaban J connectivity index is 1.97. The summed E-state index contributed by atoms with van der Waals surface area (Å²) in [5, 5.41) is 10.6. The third kappa shape index (κ3) is 1.84. The number of ether oxygens (including phenoxy) is 3. The largest absolute Gasteiger partial charge is 0.493 e. The second kappa shape index (κ2) is 4.58. The second-order valence-corrected chi connectivity index (χ2v) is 5.28. The zero-order valence-corrected chi connectivity index (χ0v) is 11.0. The maximum atomic E-state index is 10.6. The van der Waals surface area contributed by atoms with Gasteiger partial charge in [-0.1, -0.05) is 6.42 Å². The molecule has 1 aliphatic carbocycles.